The molecule has 1 saturated heterocycles. The van der Waals surface area contributed by atoms with Crippen LogP contribution >= 0.6 is 24.0 Å². The lowest BCUT2D eigenvalue weighted by Gasteiger charge is -2.25. The molecule has 3 rings (SSSR count). The van der Waals surface area contributed by atoms with Crippen LogP contribution in [0.2, 0.25) is 0 Å². The van der Waals surface area contributed by atoms with E-state index in [1.165, 1.54) is 6.07 Å². The summed E-state index contributed by atoms with van der Waals surface area (Å²) in [5.74, 6) is 0.685. The number of hydrogen-bond acceptors (Lipinski definition) is 2. The van der Waals surface area contributed by atoms with Gasteiger partial charge in [-0.3, -0.25) is 9.79 Å². The molecule has 1 saturated carbocycles. The van der Waals surface area contributed by atoms with Gasteiger partial charge in [0.1, 0.15) is 5.82 Å². The molecule has 1 unspecified atom stereocenters. The Bertz CT molecular complexity index is 623. The number of halogens is 2. The molecule has 1 aliphatic carbocycles. The van der Waals surface area contributed by atoms with Gasteiger partial charge in [-0.2, -0.15) is 0 Å². The molecule has 1 aromatic carbocycles. The van der Waals surface area contributed by atoms with Gasteiger partial charge in [-0.15, -0.1) is 24.0 Å². The van der Waals surface area contributed by atoms with Gasteiger partial charge < -0.3 is 16.0 Å². The van der Waals surface area contributed by atoms with Gasteiger partial charge in [-0.25, -0.2) is 4.39 Å². The standard InChI is InChI=1S/C18H25FN4O.HI/c1-2-20-17(23-15-6-7-16(24)21-11-15)22-12-18(8-9-18)13-4-3-5-14(19)10-13;/h3-5,10,15H,2,6-9,11-12H2,1H3,(H,21,24)(H2,20,22,23);1H. The van der Waals surface area contributed by atoms with Crippen LogP contribution in [0.3, 0.4) is 0 Å². The lowest BCUT2D eigenvalue weighted by molar-refractivity contribution is -0.122. The van der Waals surface area contributed by atoms with Crippen LogP contribution in [-0.2, 0) is 10.2 Å². The molecule has 0 radical (unpaired) electrons. The van der Waals surface area contributed by atoms with Crippen LogP contribution in [0.5, 0.6) is 0 Å². The number of piperidine rings is 1. The van der Waals surface area contributed by atoms with Crippen molar-refractivity contribution in [2.24, 2.45) is 4.99 Å². The molecule has 1 heterocycles. The maximum atomic E-state index is 13.5. The largest absolute Gasteiger partial charge is 0.357 e. The van der Waals surface area contributed by atoms with E-state index in [0.29, 0.717) is 19.5 Å². The van der Waals surface area contributed by atoms with E-state index < -0.39 is 0 Å². The number of rotatable bonds is 5. The zero-order valence-electron chi connectivity index (χ0n) is 14.5. The number of benzene rings is 1. The molecule has 1 aliphatic heterocycles. The van der Waals surface area contributed by atoms with E-state index in [1.54, 1.807) is 12.1 Å². The topological polar surface area (TPSA) is 65.5 Å². The van der Waals surface area contributed by atoms with E-state index in [4.69, 9.17) is 4.99 Å². The number of guanidine groups is 1. The van der Waals surface area contributed by atoms with Gasteiger partial charge in [-0.05, 0) is 43.9 Å². The minimum absolute atomic E-state index is 0. The zero-order valence-corrected chi connectivity index (χ0v) is 16.8. The summed E-state index contributed by atoms with van der Waals surface area (Å²) < 4.78 is 13.5. The summed E-state index contributed by atoms with van der Waals surface area (Å²) >= 11 is 0. The summed E-state index contributed by atoms with van der Waals surface area (Å²) in [4.78, 5) is 16.0. The molecule has 0 aromatic heterocycles. The highest BCUT2D eigenvalue weighted by atomic mass is 127. The van der Waals surface area contributed by atoms with Crippen molar-refractivity contribution in [3.8, 4) is 0 Å². The molecule has 0 bridgehead atoms. The van der Waals surface area contributed by atoms with Crippen LogP contribution in [0.15, 0.2) is 29.3 Å². The molecule has 5 nitrogen and oxygen atoms in total. The fraction of sp³-hybridized carbons (Fsp3) is 0.556. The first-order chi connectivity index (χ1) is 11.6. The zero-order chi connectivity index (χ0) is 17.0. The van der Waals surface area contributed by atoms with Crippen molar-refractivity contribution in [2.45, 2.75) is 44.1 Å². The Hall–Kier alpha value is -1.38. The number of nitrogens with one attached hydrogen (secondary N) is 3. The molecule has 0 spiro atoms. The average molecular weight is 460 g/mol. The second-order valence-corrected chi connectivity index (χ2v) is 6.67. The Labute approximate surface area is 165 Å². The quantitative estimate of drug-likeness (QED) is 0.359. The first kappa shape index (κ1) is 19.9. The highest BCUT2D eigenvalue weighted by Gasteiger charge is 2.44. The monoisotopic (exact) mass is 460 g/mol. The summed E-state index contributed by atoms with van der Waals surface area (Å²) in [6.07, 6.45) is 3.44. The van der Waals surface area contributed by atoms with E-state index in [2.05, 4.69) is 16.0 Å². The second kappa shape index (κ2) is 8.82. The SMILES string of the molecule is CCNC(=NCC1(c2cccc(F)c2)CC1)NC1CCC(=O)NC1.I. The van der Waals surface area contributed by atoms with Gasteiger partial charge >= 0.3 is 0 Å². The summed E-state index contributed by atoms with van der Waals surface area (Å²) in [6, 6.07) is 7.06. The van der Waals surface area contributed by atoms with Crippen LogP contribution < -0.4 is 16.0 Å². The predicted octanol–water partition coefficient (Wildman–Crippen LogP) is 2.31. The Kier molecular flexibility index (Phi) is 7.04. The smallest absolute Gasteiger partial charge is 0.220 e. The van der Waals surface area contributed by atoms with E-state index in [9.17, 15) is 9.18 Å². The Morgan fingerprint density at radius 3 is 2.84 bits per heavy atom. The lowest BCUT2D eigenvalue weighted by Crippen LogP contribution is -2.51. The van der Waals surface area contributed by atoms with Crippen molar-refractivity contribution in [3.63, 3.8) is 0 Å². The number of aliphatic imine (C=N–C) groups is 1. The van der Waals surface area contributed by atoms with E-state index >= 15 is 0 Å². The molecule has 138 valence electrons. The molecule has 25 heavy (non-hydrogen) atoms. The first-order valence-corrected chi connectivity index (χ1v) is 8.69. The third kappa shape index (κ3) is 5.29. The highest BCUT2D eigenvalue weighted by molar-refractivity contribution is 14.0. The third-order valence-corrected chi connectivity index (χ3v) is 4.78. The molecule has 2 fully saturated rings. The van der Waals surface area contributed by atoms with Crippen molar-refractivity contribution in [2.75, 3.05) is 19.6 Å². The minimum Gasteiger partial charge on any atom is -0.357 e. The van der Waals surface area contributed by atoms with E-state index in [1.807, 2.05) is 13.0 Å². The van der Waals surface area contributed by atoms with Crippen molar-refractivity contribution in [3.05, 3.63) is 35.6 Å². The fourth-order valence-electron chi connectivity index (χ4n) is 3.11. The predicted molar refractivity (Wildman–Crippen MR) is 108 cm³/mol. The van der Waals surface area contributed by atoms with Gasteiger partial charge in [0, 0.05) is 31.0 Å². The summed E-state index contributed by atoms with van der Waals surface area (Å²) in [7, 11) is 0. The number of carbonyl (C=O) groups is 1. The lowest BCUT2D eigenvalue weighted by atomic mass is 9.96. The Morgan fingerprint density at radius 2 is 2.24 bits per heavy atom. The summed E-state index contributed by atoms with van der Waals surface area (Å²) in [5.41, 5.74) is 1.01. The molecule has 1 aromatic rings. The van der Waals surface area contributed by atoms with Crippen molar-refractivity contribution in [1.82, 2.24) is 16.0 Å². The molecular formula is C18H26FIN4O. The van der Waals surface area contributed by atoms with E-state index in [-0.39, 0.29) is 47.2 Å². The molecule has 2 aliphatic rings. The maximum Gasteiger partial charge on any atom is 0.220 e. The van der Waals surface area contributed by atoms with Gasteiger partial charge in [0.05, 0.1) is 6.54 Å². The van der Waals surface area contributed by atoms with Crippen LogP contribution in [0.25, 0.3) is 0 Å². The number of hydrogen-bond donors (Lipinski definition) is 3. The summed E-state index contributed by atoms with van der Waals surface area (Å²) in [5, 5.41) is 9.52. The van der Waals surface area contributed by atoms with Gasteiger partial charge in [-0.1, -0.05) is 12.1 Å². The number of carbonyl (C=O) groups excluding carboxylic acids is 1. The average Bonchev–Trinajstić information content (AvgIpc) is 3.36. The van der Waals surface area contributed by atoms with Gasteiger partial charge in [0.15, 0.2) is 5.96 Å². The second-order valence-electron chi connectivity index (χ2n) is 6.67. The van der Waals surface area contributed by atoms with Crippen molar-refractivity contribution in [1.29, 1.82) is 0 Å². The fourth-order valence-corrected chi connectivity index (χ4v) is 3.11. The molecule has 1 atom stereocenters. The third-order valence-electron chi connectivity index (χ3n) is 4.78. The van der Waals surface area contributed by atoms with Crippen LogP contribution in [0.4, 0.5) is 4.39 Å². The molecule has 7 heteroatoms. The molecular weight excluding hydrogens is 434 g/mol. The van der Waals surface area contributed by atoms with Gasteiger partial charge in [0.25, 0.3) is 0 Å². The maximum absolute atomic E-state index is 13.5. The van der Waals surface area contributed by atoms with Crippen LogP contribution in [0.1, 0.15) is 38.2 Å². The Balaban J connectivity index is 0.00000225. The van der Waals surface area contributed by atoms with Crippen LogP contribution in [-0.4, -0.2) is 37.5 Å². The van der Waals surface area contributed by atoms with Crippen molar-refractivity contribution >= 4 is 35.8 Å². The Morgan fingerprint density at radius 1 is 1.44 bits per heavy atom. The number of nitrogens with zero attached hydrogens (tertiary/aromatic N) is 1. The molecule has 3 N–H and O–H groups in total. The highest BCUT2D eigenvalue weighted by Crippen LogP contribution is 2.48. The van der Waals surface area contributed by atoms with Crippen LogP contribution in [0, 0.1) is 5.82 Å². The van der Waals surface area contributed by atoms with Crippen molar-refractivity contribution < 1.29 is 9.18 Å². The van der Waals surface area contributed by atoms with Gasteiger partial charge in [0.2, 0.25) is 5.91 Å². The summed E-state index contributed by atoms with van der Waals surface area (Å²) in [6.45, 7) is 4.07. The first-order valence-electron chi connectivity index (χ1n) is 8.69. The van der Waals surface area contributed by atoms with E-state index in [0.717, 1.165) is 37.3 Å². The normalized spacial score (nSPS) is 21.8. The number of amides is 1. The molecule has 1 amide bonds. The minimum atomic E-state index is -0.189.